The van der Waals surface area contributed by atoms with Crippen molar-refractivity contribution in [2.45, 2.75) is 32.1 Å². The summed E-state index contributed by atoms with van der Waals surface area (Å²) in [6.07, 6.45) is 1.65. The molecule has 1 aliphatic heterocycles. The standard InChI is InChI=1S/C16H23BN2O5/c1-17-6-4-10-2-3-12(14(15(10)21)16(22)23)24-11-8-19(9-11)7-5-13(18)20/h2-3,11,17,21H,4-9H2,1H3,(H2,18,20)(H,22,23). The number of carboxylic acid groups (broad SMARTS) is 1. The minimum absolute atomic E-state index is 0.156. The molecule has 0 spiro atoms. The summed E-state index contributed by atoms with van der Waals surface area (Å²) >= 11 is 0. The fourth-order valence-corrected chi connectivity index (χ4v) is 2.72. The highest BCUT2D eigenvalue weighted by Crippen LogP contribution is 2.33. The number of rotatable bonds is 9. The lowest BCUT2D eigenvalue weighted by molar-refractivity contribution is -0.118. The number of nitrogens with two attached hydrogens (primary N) is 1. The van der Waals surface area contributed by atoms with Crippen molar-refractivity contribution in [1.29, 1.82) is 0 Å². The van der Waals surface area contributed by atoms with Crippen LogP contribution >= 0.6 is 0 Å². The van der Waals surface area contributed by atoms with Gasteiger partial charge in [0.2, 0.25) is 5.91 Å². The average molecular weight is 334 g/mol. The lowest BCUT2D eigenvalue weighted by Gasteiger charge is -2.39. The summed E-state index contributed by atoms with van der Waals surface area (Å²) in [5, 5.41) is 19.6. The third kappa shape index (κ3) is 4.41. The van der Waals surface area contributed by atoms with Gasteiger partial charge in [-0.05, 0) is 18.1 Å². The van der Waals surface area contributed by atoms with Crippen LogP contribution in [0.5, 0.6) is 11.5 Å². The molecule has 0 unspecified atom stereocenters. The Labute approximate surface area is 141 Å². The molecule has 0 aromatic heterocycles. The second-order valence-electron chi connectivity index (χ2n) is 6.07. The van der Waals surface area contributed by atoms with E-state index in [1.165, 1.54) is 0 Å². The first-order valence-electron chi connectivity index (χ1n) is 8.17. The maximum Gasteiger partial charge on any atom is 0.343 e. The van der Waals surface area contributed by atoms with Gasteiger partial charge in [0.25, 0.3) is 0 Å². The summed E-state index contributed by atoms with van der Waals surface area (Å²) in [5.74, 6) is -1.58. The first-order chi connectivity index (χ1) is 11.4. The molecule has 2 rings (SSSR count). The van der Waals surface area contributed by atoms with E-state index in [-0.39, 0.29) is 29.1 Å². The Morgan fingerprint density at radius 3 is 2.71 bits per heavy atom. The van der Waals surface area contributed by atoms with E-state index in [1.807, 2.05) is 11.7 Å². The Hall–Kier alpha value is -2.22. The van der Waals surface area contributed by atoms with Crippen LogP contribution in [0.15, 0.2) is 12.1 Å². The molecule has 4 N–H and O–H groups in total. The van der Waals surface area contributed by atoms with Gasteiger partial charge in [-0.25, -0.2) is 4.79 Å². The molecular weight excluding hydrogens is 311 g/mol. The molecule has 1 aromatic rings. The molecule has 1 saturated heterocycles. The number of ether oxygens (including phenoxy) is 1. The normalized spacial score (nSPS) is 14.9. The minimum atomic E-state index is -1.20. The smallest absolute Gasteiger partial charge is 0.343 e. The van der Waals surface area contributed by atoms with Gasteiger partial charge in [0.05, 0.1) is 0 Å². The Kier molecular flexibility index (Phi) is 6.08. The number of hydrogen-bond donors (Lipinski definition) is 3. The summed E-state index contributed by atoms with van der Waals surface area (Å²) in [6.45, 7) is 3.81. The molecule has 8 heteroatoms. The summed E-state index contributed by atoms with van der Waals surface area (Å²) in [4.78, 5) is 24.3. The van der Waals surface area contributed by atoms with Crippen molar-refractivity contribution in [1.82, 2.24) is 4.90 Å². The van der Waals surface area contributed by atoms with Gasteiger partial charge in [-0.2, -0.15) is 0 Å². The highest BCUT2D eigenvalue weighted by Gasteiger charge is 2.30. The number of carboxylic acids is 1. The molecule has 7 nitrogen and oxygen atoms in total. The van der Waals surface area contributed by atoms with Crippen LogP contribution < -0.4 is 10.5 Å². The third-order valence-corrected chi connectivity index (χ3v) is 4.13. The highest BCUT2D eigenvalue weighted by atomic mass is 16.5. The first kappa shape index (κ1) is 18.1. The number of nitrogens with zero attached hydrogens (tertiary/aromatic N) is 1. The van der Waals surface area contributed by atoms with Crippen LogP contribution in [-0.4, -0.2) is 60.0 Å². The zero-order valence-corrected chi connectivity index (χ0v) is 13.8. The van der Waals surface area contributed by atoms with Crippen molar-refractivity contribution in [3.8, 4) is 11.5 Å². The molecule has 1 heterocycles. The number of aromatic hydroxyl groups is 1. The number of carbonyl (C=O) groups is 2. The van der Waals surface area contributed by atoms with Crippen LogP contribution in [0.25, 0.3) is 0 Å². The summed E-state index contributed by atoms with van der Waals surface area (Å²) in [5.41, 5.74) is 5.55. The van der Waals surface area contributed by atoms with Gasteiger partial charge < -0.3 is 20.7 Å². The van der Waals surface area contributed by atoms with Crippen LogP contribution in [0.2, 0.25) is 13.1 Å². The molecule has 24 heavy (non-hydrogen) atoms. The molecule has 1 fully saturated rings. The minimum Gasteiger partial charge on any atom is -0.507 e. The van der Waals surface area contributed by atoms with Crippen molar-refractivity contribution >= 4 is 19.2 Å². The zero-order valence-electron chi connectivity index (χ0n) is 13.8. The van der Waals surface area contributed by atoms with Crippen molar-refractivity contribution in [3.63, 3.8) is 0 Å². The van der Waals surface area contributed by atoms with Crippen molar-refractivity contribution < 1.29 is 24.5 Å². The van der Waals surface area contributed by atoms with Crippen LogP contribution in [0, 0.1) is 0 Å². The Bertz CT molecular complexity index is 617. The predicted molar refractivity (Wildman–Crippen MR) is 91.3 cm³/mol. The van der Waals surface area contributed by atoms with Gasteiger partial charge in [0, 0.05) is 26.1 Å². The lowest BCUT2D eigenvalue weighted by Crippen LogP contribution is -2.54. The molecule has 0 aliphatic carbocycles. The lowest BCUT2D eigenvalue weighted by atomic mass is 9.75. The molecule has 1 aliphatic rings. The van der Waals surface area contributed by atoms with Gasteiger partial charge in [0.15, 0.2) is 0 Å². The van der Waals surface area contributed by atoms with E-state index in [9.17, 15) is 19.8 Å². The Morgan fingerprint density at radius 1 is 1.42 bits per heavy atom. The molecular formula is C16H23BN2O5. The maximum absolute atomic E-state index is 11.5. The summed E-state index contributed by atoms with van der Waals surface area (Å²) in [6, 6.07) is 3.33. The number of carbonyl (C=O) groups excluding carboxylic acids is 1. The van der Waals surface area contributed by atoms with E-state index in [4.69, 9.17) is 10.5 Å². The maximum atomic E-state index is 11.5. The van der Waals surface area contributed by atoms with Crippen LogP contribution in [0.4, 0.5) is 0 Å². The van der Waals surface area contributed by atoms with Gasteiger partial charge in [-0.1, -0.05) is 19.2 Å². The molecule has 0 bridgehead atoms. The number of phenols is 1. The molecule has 1 amide bonds. The Balaban J connectivity index is 2.02. The molecule has 0 saturated carbocycles. The predicted octanol–water partition coefficient (Wildman–Crippen LogP) is 0.474. The van der Waals surface area contributed by atoms with Gasteiger partial charge >= 0.3 is 5.97 Å². The zero-order chi connectivity index (χ0) is 17.7. The number of amides is 1. The first-order valence-corrected chi connectivity index (χ1v) is 8.17. The topological polar surface area (TPSA) is 113 Å². The summed E-state index contributed by atoms with van der Waals surface area (Å²) < 4.78 is 5.72. The van der Waals surface area contributed by atoms with Gasteiger partial charge in [-0.3, -0.25) is 9.69 Å². The van der Waals surface area contributed by atoms with Gasteiger partial charge in [-0.15, -0.1) is 0 Å². The molecule has 1 aromatic carbocycles. The average Bonchev–Trinajstić information content (AvgIpc) is 2.47. The largest absolute Gasteiger partial charge is 0.507 e. The van der Waals surface area contributed by atoms with E-state index >= 15 is 0 Å². The van der Waals surface area contributed by atoms with Crippen LogP contribution in [-0.2, 0) is 11.2 Å². The summed E-state index contributed by atoms with van der Waals surface area (Å²) in [7, 11) is 0.962. The van der Waals surface area contributed by atoms with Crippen molar-refractivity contribution in [2.75, 3.05) is 19.6 Å². The number of likely N-dealkylation sites (tertiary alicyclic amines) is 1. The van der Waals surface area contributed by atoms with Gasteiger partial charge in [0.1, 0.15) is 30.4 Å². The third-order valence-electron chi connectivity index (χ3n) is 4.13. The van der Waals surface area contributed by atoms with Crippen LogP contribution in [0.3, 0.4) is 0 Å². The number of benzene rings is 1. The number of hydrogen-bond acceptors (Lipinski definition) is 5. The van der Waals surface area contributed by atoms with E-state index in [2.05, 4.69) is 0 Å². The second kappa shape index (κ2) is 8.05. The fraction of sp³-hybridized carbons (Fsp3) is 0.500. The van der Waals surface area contributed by atoms with E-state index in [1.54, 1.807) is 12.1 Å². The van der Waals surface area contributed by atoms with Crippen molar-refractivity contribution in [3.05, 3.63) is 23.3 Å². The Morgan fingerprint density at radius 2 is 2.12 bits per heavy atom. The number of aryl methyl sites for hydroxylation is 1. The van der Waals surface area contributed by atoms with Crippen molar-refractivity contribution in [2.24, 2.45) is 5.73 Å². The van der Waals surface area contributed by atoms with E-state index < -0.39 is 5.97 Å². The quantitative estimate of drug-likeness (QED) is 0.566. The highest BCUT2D eigenvalue weighted by molar-refractivity contribution is 6.33. The second-order valence-corrected chi connectivity index (χ2v) is 6.07. The van der Waals surface area contributed by atoms with E-state index in [0.29, 0.717) is 38.0 Å². The number of primary amides is 1. The molecule has 0 radical (unpaired) electrons. The van der Waals surface area contributed by atoms with E-state index in [0.717, 1.165) is 13.6 Å². The number of aromatic carboxylic acids is 1. The molecule has 130 valence electrons. The SMILES string of the molecule is CBCCc1ccc(OC2CN(CCC(N)=O)C2)c(C(=O)O)c1O. The van der Waals surface area contributed by atoms with Crippen LogP contribution in [0.1, 0.15) is 22.3 Å². The molecule has 0 atom stereocenters. The monoisotopic (exact) mass is 334 g/mol. The fourth-order valence-electron chi connectivity index (χ4n) is 2.72.